The van der Waals surface area contributed by atoms with Crippen LogP contribution in [0.1, 0.15) is 13.8 Å². The van der Waals surface area contributed by atoms with Crippen LogP contribution in [0, 0.1) is 0 Å². The van der Waals surface area contributed by atoms with Crippen molar-refractivity contribution in [1.82, 2.24) is 5.32 Å². The molecule has 90 valence electrons. The Balaban J connectivity index is 2.46. The summed E-state index contributed by atoms with van der Waals surface area (Å²) in [6.45, 7) is 4.04. The molecule has 16 heavy (non-hydrogen) atoms. The molecule has 0 aliphatic heterocycles. The minimum atomic E-state index is -0.239. The van der Waals surface area contributed by atoms with Crippen LogP contribution in [0.25, 0.3) is 0 Å². The molecule has 1 heterocycles. The first kappa shape index (κ1) is 13.5. The molecule has 3 nitrogen and oxygen atoms in total. The summed E-state index contributed by atoms with van der Waals surface area (Å²) in [4.78, 5) is 11.5. The Morgan fingerprint density at radius 1 is 1.62 bits per heavy atom. The molecule has 0 aliphatic rings. The number of thiophene rings is 1. The zero-order valence-corrected chi connectivity index (χ0v) is 11.4. The summed E-state index contributed by atoms with van der Waals surface area (Å²) in [6.07, 6.45) is 0. The number of thioether (sulfide) groups is 1. The average Bonchev–Trinajstić information content (AvgIpc) is 2.75. The molecule has 1 unspecified atom stereocenters. The monoisotopic (exact) mass is 259 g/mol. The quantitative estimate of drug-likeness (QED) is 0.629. The lowest BCUT2D eigenvalue weighted by atomic mass is 10.3. The summed E-state index contributed by atoms with van der Waals surface area (Å²) in [5.74, 6) is 0.503. The Morgan fingerprint density at radius 2 is 2.38 bits per heavy atom. The summed E-state index contributed by atoms with van der Waals surface area (Å²) < 4.78 is 5.99. The molecule has 0 amide bonds. The van der Waals surface area contributed by atoms with E-state index in [9.17, 15) is 4.79 Å². The molecule has 1 aromatic rings. The van der Waals surface area contributed by atoms with E-state index in [-0.39, 0.29) is 18.1 Å². The number of carbonyl (C=O) groups excluding carboxylic acids is 1. The molecular formula is C11H17NO2S2. The van der Waals surface area contributed by atoms with Gasteiger partial charge < -0.3 is 10.1 Å². The van der Waals surface area contributed by atoms with Crippen molar-refractivity contribution in [2.75, 3.05) is 12.9 Å². The van der Waals surface area contributed by atoms with Crippen molar-refractivity contribution in [3.05, 3.63) is 17.5 Å². The largest absolute Gasteiger partial charge is 0.468 e. The average molecular weight is 259 g/mol. The van der Waals surface area contributed by atoms with E-state index in [4.69, 9.17) is 4.74 Å². The highest BCUT2D eigenvalue weighted by atomic mass is 32.2. The number of hydrogen-bond acceptors (Lipinski definition) is 5. The summed E-state index contributed by atoms with van der Waals surface area (Å²) in [5, 5.41) is 5.24. The van der Waals surface area contributed by atoms with Gasteiger partial charge in [-0.1, -0.05) is 19.9 Å². The summed E-state index contributed by atoms with van der Waals surface area (Å²) in [5.41, 5.74) is 0. The number of ether oxygens (including phenoxy) is 1. The smallest absolute Gasteiger partial charge is 0.323 e. The van der Waals surface area contributed by atoms with Crippen LogP contribution >= 0.6 is 23.1 Å². The molecule has 1 aromatic heterocycles. The van der Waals surface area contributed by atoms with Crippen molar-refractivity contribution in [2.24, 2.45) is 0 Å². The molecule has 1 N–H and O–H groups in total. The molecule has 1 atom stereocenters. The van der Waals surface area contributed by atoms with Gasteiger partial charge in [-0.2, -0.15) is 0 Å². The van der Waals surface area contributed by atoms with Crippen molar-refractivity contribution >= 4 is 29.1 Å². The Labute approximate surface area is 105 Å². The molecule has 0 aliphatic carbocycles. The van der Waals surface area contributed by atoms with E-state index in [0.29, 0.717) is 5.75 Å². The summed E-state index contributed by atoms with van der Waals surface area (Å²) in [7, 11) is 1.42. The molecule has 0 bridgehead atoms. The number of rotatable bonds is 6. The van der Waals surface area contributed by atoms with Crippen LogP contribution in [0.15, 0.2) is 21.7 Å². The Bertz CT molecular complexity index is 312. The van der Waals surface area contributed by atoms with Gasteiger partial charge in [-0.25, -0.2) is 0 Å². The summed E-state index contributed by atoms with van der Waals surface area (Å²) >= 11 is 3.36. The van der Waals surface area contributed by atoms with Crippen molar-refractivity contribution in [3.8, 4) is 0 Å². The van der Waals surface area contributed by atoms with Gasteiger partial charge in [0.25, 0.3) is 0 Å². The van der Waals surface area contributed by atoms with Gasteiger partial charge >= 0.3 is 5.97 Å². The first-order valence-corrected chi connectivity index (χ1v) is 7.00. The van der Waals surface area contributed by atoms with Gasteiger partial charge in [0.2, 0.25) is 0 Å². The van der Waals surface area contributed by atoms with E-state index in [2.05, 4.69) is 11.4 Å². The lowest BCUT2D eigenvalue weighted by molar-refractivity contribution is -0.142. The fraction of sp³-hybridized carbons (Fsp3) is 0.545. The van der Waals surface area contributed by atoms with Crippen molar-refractivity contribution in [1.29, 1.82) is 0 Å². The van der Waals surface area contributed by atoms with E-state index in [1.54, 1.807) is 23.1 Å². The van der Waals surface area contributed by atoms with Crippen molar-refractivity contribution in [3.63, 3.8) is 0 Å². The lowest BCUT2D eigenvalue weighted by Crippen LogP contribution is -2.43. The standard InChI is InChI=1S/C11H17NO2S2/c1-8(2)12-9(11(13)14-3)7-16-10-5-4-6-15-10/h4-6,8-9,12H,7H2,1-3H3. The van der Waals surface area contributed by atoms with Crippen LogP contribution in [0.3, 0.4) is 0 Å². The van der Waals surface area contributed by atoms with Crippen LogP contribution in [0.4, 0.5) is 0 Å². The molecule has 0 saturated carbocycles. The highest BCUT2D eigenvalue weighted by Crippen LogP contribution is 2.24. The third-order valence-corrected chi connectivity index (χ3v) is 4.13. The zero-order chi connectivity index (χ0) is 12.0. The van der Waals surface area contributed by atoms with Gasteiger partial charge in [0.15, 0.2) is 0 Å². The highest BCUT2D eigenvalue weighted by molar-refractivity contribution is 8.01. The maximum Gasteiger partial charge on any atom is 0.323 e. The van der Waals surface area contributed by atoms with Crippen molar-refractivity contribution < 1.29 is 9.53 Å². The molecular weight excluding hydrogens is 242 g/mol. The third kappa shape index (κ3) is 4.55. The number of esters is 1. The van der Waals surface area contributed by atoms with Gasteiger partial charge in [-0.05, 0) is 11.4 Å². The minimum absolute atomic E-state index is 0.197. The number of methoxy groups -OCH3 is 1. The topological polar surface area (TPSA) is 38.3 Å². The molecule has 0 radical (unpaired) electrons. The SMILES string of the molecule is COC(=O)C(CSc1cccs1)NC(C)C. The number of carbonyl (C=O) groups is 1. The summed E-state index contributed by atoms with van der Waals surface area (Å²) in [6, 6.07) is 4.10. The molecule has 0 spiro atoms. The van der Waals surface area contributed by atoms with Crippen LogP contribution in [-0.2, 0) is 9.53 Å². The molecule has 5 heteroatoms. The van der Waals surface area contributed by atoms with Gasteiger partial charge in [0, 0.05) is 11.8 Å². The van der Waals surface area contributed by atoms with E-state index in [1.165, 1.54) is 11.3 Å². The first-order valence-electron chi connectivity index (χ1n) is 5.13. The van der Waals surface area contributed by atoms with E-state index >= 15 is 0 Å². The van der Waals surface area contributed by atoms with E-state index in [1.807, 2.05) is 25.3 Å². The van der Waals surface area contributed by atoms with Crippen LogP contribution < -0.4 is 5.32 Å². The van der Waals surface area contributed by atoms with Gasteiger partial charge in [0.1, 0.15) is 6.04 Å². The Morgan fingerprint density at radius 3 is 2.88 bits per heavy atom. The molecule has 0 saturated heterocycles. The lowest BCUT2D eigenvalue weighted by Gasteiger charge is -2.18. The van der Waals surface area contributed by atoms with Gasteiger partial charge in [0.05, 0.1) is 11.3 Å². The predicted octanol–water partition coefficient (Wildman–Crippen LogP) is 2.38. The van der Waals surface area contributed by atoms with E-state index in [0.717, 1.165) is 0 Å². The fourth-order valence-electron chi connectivity index (χ4n) is 1.24. The second-order valence-corrected chi connectivity index (χ2v) is 5.91. The normalized spacial score (nSPS) is 12.8. The van der Waals surface area contributed by atoms with Gasteiger partial charge in [-0.3, -0.25) is 4.79 Å². The van der Waals surface area contributed by atoms with Crippen molar-refractivity contribution in [2.45, 2.75) is 30.1 Å². The fourth-order valence-corrected chi connectivity index (χ4v) is 3.07. The molecule has 0 fully saturated rings. The maximum atomic E-state index is 11.5. The Kier molecular flexibility index (Phi) is 5.87. The van der Waals surface area contributed by atoms with Crippen LogP contribution in [0.2, 0.25) is 0 Å². The highest BCUT2D eigenvalue weighted by Gasteiger charge is 2.19. The number of hydrogen-bond donors (Lipinski definition) is 1. The zero-order valence-electron chi connectivity index (χ0n) is 9.73. The molecule has 0 aromatic carbocycles. The maximum absolute atomic E-state index is 11.5. The second kappa shape index (κ2) is 6.93. The minimum Gasteiger partial charge on any atom is -0.468 e. The second-order valence-electron chi connectivity index (χ2n) is 3.64. The molecule has 1 rings (SSSR count). The van der Waals surface area contributed by atoms with Gasteiger partial charge in [-0.15, -0.1) is 23.1 Å². The van der Waals surface area contributed by atoms with Crippen LogP contribution in [0.5, 0.6) is 0 Å². The van der Waals surface area contributed by atoms with E-state index < -0.39 is 0 Å². The third-order valence-electron chi connectivity index (χ3n) is 1.91. The Hall–Kier alpha value is -0.520. The van der Waals surface area contributed by atoms with Crippen LogP contribution in [-0.4, -0.2) is 30.9 Å². The number of nitrogens with one attached hydrogen (secondary N) is 1. The predicted molar refractivity (Wildman–Crippen MR) is 69.1 cm³/mol. The first-order chi connectivity index (χ1) is 7.63.